The molecule has 9 heteroatoms. The second-order valence-electron chi connectivity index (χ2n) is 4.48. The molecule has 0 spiro atoms. The van der Waals surface area contributed by atoms with Crippen molar-refractivity contribution in [1.29, 1.82) is 0 Å². The predicted octanol–water partition coefficient (Wildman–Crippen LogP) is 1.33. The van der Waals surface area contributed by atoms with Crippen LogP contribution in [-0.2, 0) is 14.1 Å². The molecule has 0 saturated carbocycles. The lowest BCUT2D eigenvalue weighted by molar-refractivity contribution is 0.0949. The summed E-state index contributed by atoms with van der Waals surface area (Å²) < 4.78 is 16.2. The molecule has 0 fully saturated rings. The number of aromatic nitrogens is 4. The summed E-state index contributed by atoms with van der Waals surface area (Å²) in [7, 11) is 3.16. The number of hydrazone groups is 1. The Balaban J connectivity index is 2.14. The van der Waals surface area contributed by atoms with Crippen LogP contribution in [0.3, 0.4) is 0 Å². The zero-order chi connectivity index (χ0) is 15.7. The summed E-state index contributed by atoms with van der Waals surface area (Å²) in [6, 6.07) is 0. The maximum atomic E-state index is 13.6. The van der Waals surface area contributed by atoms with Crippen LogP contribution >= 0.6 is 11.6 Å². The zero-order valence-corrected chi connectivity index (χ0v) is 12.7. The lowest BCUT2D eigenvalue weighted by Crippen LogP contribution is -2.19. The van der Waals surface area contributed by atoms with Crippen molar-refractivity contribution >= 4 is 23.7 Å². The second-order valence-corrected chi connectivity index (χ2v) is 4.86. The molecule has 2 rings (SSSR count). The lowest BCUT2D eigenvalue weighted by Gasteiger charge is -1.96. The van der Waals surface area contributed by atoms with Crippen LogP contribution in [0.1, 0.15) is 27.4 Å². The van der Waals surface area contributed by atoms with Gasteiger partial charge >= 0.3 is 0 Å². The van der Waals surface area contributed by atoms with Crippen LogP contribution < -0.4 is 5.43 Å². The number of rotatable bonds is 3. The summed E-state index contributed by atoms with van der Waals surface area (Å²) in [6.45, 7) is 3.38. The third kappa shape index (κ3) is 2.80. The smallest absolute Gasteiger partial charge is 0.271 e. The molecule has 0 aliphatic rings. The number of hydrogen-bond donors (Lipinski definition) is 1. The molecule has 1 N–H and O–H groups in total. The Morgan fingerprint density at radius 3 is 2.48 bits per heavy atom. The fourth-order valence-corrected chi connectivity index (χ4v) is 1.97. The van der Waals surface area contributed by atoms with Crippen LogP contribution in [0.25, 0.3) is 0 Å². The first-order valence-corrected chi connectivity index (χ1v) is 6.42. The summed E-state index contributed by atoms with van der Waals surface area (Å²) in [5, 5.41) is 11.8. The second kappa shape index (κ2) is 5.65. The van der Waals surface area contributed by atoms with Crippen molar-refractivity contribution in [2.45, 2.75) is 13.8 Å². The average Bonchev–Trinajstić information content (AvgIpc) is 2.83. The van der Waals surface area contributed by atoms with Crippen molar-refractivity contribution in [3.8, 4) is 0 Å². The number of nitrogens with one attached hydrogen (secondary N) is 1. The van der Waals surface area contributed by atoms with E-state index in [1.54, 1.807) is 20.9 Å². The van der Waals surface area contributed by atoms with E-state index in [1.165, 1.54) is 17.9 Å². The molecule has 2 aromatic rings. The predicted molar refractivity (Wildman–Crippen MR) is 75.9 cm³/mol. The maximum Gasteiger partial charge on any atom is 0.293 e. The van der Waals surface area contributed by atoms with Crippen LogP contribution in [0.5, 0.6) is 0 Å². The number of aryl methyl sites for hydroxylation is 3. The Hall–Kier alpha value is -2.22. The van der Waals surface area contributed by atoms with Gasteiger partial charge in [-0.15, -0.1) is 0 Å². The molecule has 2 aromatic heterocycles. The van der Waals surface area contributed by atoms with Crippen LogP contribution in [0, 0.1) is 19.8 Å². The molecular weight excluding hydrogens is 299 g/mol. The average molecular weight is 313 g/mol. The fraction of sp³-hybridized carbons (Fsp3) is 0.333. The first kappa shape index (κ1) is 15.2. The largest absolute Gasteiger partial charge is 0.293 e. The Morgan fingerprint density at radius 2 is 2.00 bits per heavy atom. The number of carbonyl (C=O) groups excluding carboxylic acids is 1. The lowest BCUT2D eigenvalue weighted by atomic mass is 10.3. The number of amides is 1. The summed E-state index contributed by atoms with van der Waals surface area (Å²) in [4.78, 5) is 11.9. The van der Waals surface area contributed by atoms with Gasteiger partial charge in [-0.2, -0.15) is 19.7 Å². The van der Waals surface area contributed by atoms with Gasteiger partial charge in [0, 0.05) is 14.1 Å². The minimum atomic E-state index is -0.568. The standard InChI is InChI=1S/C12H14ClFN6O/c1-6-8(11(14)20(4)17-6)5-15-16-12(21)10-9(13)7(2)19(3)18-10/h5H,1-4H3,(H,16,21)/b15-5+. The van der Waals surface area contributed by atoms with E-state index in [0.29, 0.717) is 11.4 Å². The maximum absolute atomic E-state index is 13.6. The van der Waals surface area contributed by atoms with Crippen molar-refractivity contribution in [3.05, 3.63) is 33.6 Å². The van der Waals surface area contributed by atoms with E-state index in [9.17, 15) is 9.18 Å². The molecule has 0 saturated heterocycles. The molecule has 0 aromatic carbocycles. The number of nitrogens with zero attached hydrogens (tertiary/aromatic N) is 5. The summed E-state index contributed by atoms with van der Waals surface area (Å²) in [5.74, 6) is -1.10. The molecule has 0 radical (unpaired) electrons. The SMILES string of the molecule is Cc1nn(C)c(F)c1/C=N/NC(=O)c1nn(C)c(C)c1Cl. The minimum Gasteiger partial charge on any atom is -0.271 e. The first-order valence-electron chi connectivity index (χ1n) is 6.04. The first-order chi connectivity index (χ1) is 9.82. The quantitative estimate of drug-likeness (QED) is 0.686. The monoisotopic (exact) mass is 312 g/mol. The fourth-order valence-electron chi connectivity index (χ4n) is 1.73. The zero-order valence-electron chi connectivity index (χ0n) is 12.0. The van der Waals surface area contributed by atoms with Crippen LogP contribution in [-0.4, -0.2) is 31.7 Å². The minimum absolute atomic E-state index is 0.0668. The van der Waals surface area contributed by atoms with E-state index in [4.69, 9.17) is 11.6 Å². The van der Waals surface area contributed by atoms with Gasteiger partial charge in [-0.25, -0.2) is 10.1 Å². The summed E-state index contributed by atoms with van der Waals surface area (Å²) in [5.41, 5.74) is 3.67. The highest BCUT2D eigenvalue weighted by atomic mass is 35.5. The van der Waals surface area contributed by atoms with Gasteiger partial charge in [0.25, 0.3) is 5.91 Å². The number of hydrogen-bond acceptors (Lipinski definition) is 4. The molecule has 0 aliphatic carbocycles. The van der Waals surface area contributed by atoms with Gasteiger partial charge in [0.2, 0.25) is 5.95 Å². The van der Waals surface area contributed by atoms with E-state index < -0.39 is 11.9 Å². The molecular formula is C12H14ClFN6O. The van der Waals surface area contributed by atoms with Gasteiger partial charge in [-0.05, 0) is 13.8 Å². The molecule has 7 nitrogen and oxygen atoms in total. The van der Waals surface area contributed by atoms with E-state index in [2.05, 4.69) is 20.7 Å². The van der Waals surface area contributed by atoms with Crippen LogP contribution in [0.15, 0.2) is 5.10 Å². The Bertz CT molecular complexity index is 733. The summed E-state index contributed by atoms with van der Waals surface area (Å²) >= 11 is 5.99. The molecule has 1 amide bonds. The van der Waals surface area contributed by atoms with Gasteiger partial charge in [0.15, 0.2) is 5.69 Å². The molecule has 2 heterocycles. The van der Waals surface area contributed by atoms with Gasteiger partial charge in [0.05, 0.1) is 28.2 Å². The van der Waals surface area contributed by atoms with Gasteiger partial charge in [-0.3, -0.25) is 9.48 Å². The summed E-state index contributed by atoms with van der Waals surface area (Å²) in [6.07, 6.45) is 1.19. The Labute approximate surface area is 125 Å². The van der Waals surface area contributed by atoms with Crippen molar-refractivity contribution in [2.24, 2.45) is 19.2 Å². The van der Waals surface area contributed by atoms with Gasteiger partial charge < -0.3 is 0 Å². The molecule has 112 valence electrons. The molecule has 0 atom stereocenters. The van der Waals surface area contributed by atoms with Gasteiger partial charge in [-0.1, -0.05) is 11.6 Å². The Kier molecular flexibility index (Phi) is 4.08. The van der Waals surface area contributed by atoms with Crippen molar-refractivity contribution in [3.63, 3.8) is 0 Å². The Morgan fingerprint density at radius 1 is 1.33 bits per heavy atom. The van der Waals surface area contributed by atoms with Crippen molar-refractivity contribution < 1.29 is 9.18 Å². The third-order valence-corrected chi connectivity index (χ3v) is 3.48. The van der Waals surface area contributed by atoms with E-state index in [-0.39, 0.29) is 16.3 Å². The van der Waals surface area contributed by atoms with Crippen LogP contribution in [0.4, 0.5) is 4.39 Å². The van der Waals surface area contributed by atoms with Crippen molar-refractivity contribution in [1.82, 2.24) is 25.0 Å². The molecule has 0 aliphatic heterocycles. The normalized spacial score (nSPS) is 11.3. The van der Waals surface area contributed by atoms with E-state index in [1.807, 2.05) is 0 Å². The topological polar surface area (TPSA) is 77.1 Å². The molecule has 0 bridgehead atoms. The third-order valence-electron chi connectivity index (χ3n) is 3.03. The highest BCUT2D eigenvalue weighted by Gasteiger charge is 2.17. The van der Waals surface area contributed by atoms with E-state index >= 15 is 0 Å². The highest BCUT2D eigenvalue weighted by molar-refractivity contribution is 6.34. The van der Waals surface area contributed by atoms with Crippen molar-refractivity contribution in [2.75, 3.05) is 0 Å². The van der Waals surface area contributed by atoms with Crippen LogP contribution in [0.2, 0.25) is 5.02 Å². The number of halogens is 2. The highest BCUT2D eigenvalue weighted by Crippen LogP contribution is 2.18. The van der Waals surface area contributed by atoms with Gasteiger partial charge in [0.1, 0.15) is 0 Å². The molecule has 0 unspecified atom stereocenters. The number of carbonyl (C=O) groups is 1. The molecule has 21 heavy (non-hydrogen) atoms. The van der Waals surface area contributed by atoms with E-state index in [0.717, 1.165) is 4.68 Å².